The summed E-state index contributed by atoms with van der Waals surface area (Å²) in [5, 5.41) is 7.08. The van der Waals surface area contributed by atoms with E-state index in [-0.39, 0.29) is 5.54 Å². The summed E-state index contributed by atoms with van der Waals surface area (Å²) < 4.78 is 5.47. The van der Waals surface area contributed by atoms with Crippen LogP contribution in [0.2, 0.25) is 0 Å². The van der Waals surface area contributed by atoms with Crippen LogP contribution in [0.4, 0.5) is 11.6 Å². The summed E-state index contributed by atoms with van der Waals surface area (Å²) in [4.78, 5) is 8.93. The fourth-order valence-electron chi connectivity index (χ4n) is 2.64. The van der Waals surface area contributed by atoms with E-state index in [0.29, 0.717) is 0 Å². The summed E-state index contributed by atoms with van der Waals surface area (Å²) in [5.74, 6) is 1.96. The first-order valence-corrected chi connectivity index (χ1v) is 8.12. The van der Waals surface area contributed by atoms with Crippen molar-refractivity contribution in [1.29, 1.82) is 0 Å². The summed E-state index contributed by atoms with van der Waals surface area (Å²) in [6, 6.07) is 0. The molecule has 1 aliphatic heterocycles. The maximum Gasteiger partial charge on any atom is 0.135 e. The smallest absolute Gasteiger partial charge is 0.135 e. The van der Waals surface area contributed by atoms with Crippen molar-refractivity contribution in [2.24, 2.45) is 0 Å². The minimum absolute atomic E-state index is 0.0666. The van der Waals surface area contributed by atoms with Crippen LogP contribution in [0.5, 0.6) is 0 Å². The summed E-state index contributed by atoms with van der Waals surface area (Å²) in [6.45, 7) is 9.19. The topological polar surface area (TPSA) is 59.1 Å². The zero-order valence-corrected chi connectivity index (χ0v) is 13.5. The fourth-order valence-corrected chi connectivity index (χ4v) is 2.64. The second-order valence-corrected chi connectivity index (χ2v) is 6.02. The Labute approximate surface area is 127 Å². The normalized spacial score (nSPS) is 17.5. The molecule has 0 spiro atoms. The monoisotopic (exact) mass is 292 g/mol. The number of nitrogens with zero attached hydrogens (tertiary/aromatic N) is 2. The van der Waals surface area contributed by atoms with E-state index in [1.165, 1.54) is 5.56 Å². The van der Waals surface area contributed by atoms with Crippen LogP contribution in [0.25, 0.3) is 0 Å². The molecule has 2 rings (SSSR count). The number of anilines is 2. The third-order valence-corrected chi connectivity index (χ3v) is 4.00. The Kier molecular flexibility index (Phi) is 5.79. The largest absolute Gasteiger partial charge is 0.381 e. The van der Waals surface area contributed by atoms with E-state index in [2.05, 4.69) is 41.4 Å². The first-order valence-electron chi connectivity index (χ1n) is 8.12. The van der Waals surface area contributed by atoms with Crippen molar-refractivity contribution in [2.75, 3.05) is 30.4 Å². The zero-order valence-electron chi connectivity index (χ0n) is 13.5. The minimum atomic E-state index is 0.0666. The highest BCUT2D eigenvalue weighted by molar-refractivity contribution is 5.58. The van der Waals surface area contributed by atoms with Crippen LogP contribution in [0.15, 0.2) is 6.33 Å². The molecule has 2 heterocycles. The van der Waals surface area contributed by atoms with Gasteiger partial charge in [-0.25, -0.2) is 9.97 Å². The highest BCUT2D eigenvalue weighted by atomic mass is 16.5. The molecule has 1 saturated heterocycles. The molecule has 118 valence electrons. The second kappa shape index (κ2) is 7.59. The molecule has 0 aliphatic carbocycles. The highest BCUT2D eigenvalue weighted by Gasteiger charge is 2.28. The maximum atomic E-state index is 5.47. The molecule has 0 unspecified atom stereocenters. The van der Waals surface area contributed by atoms with E-state index in [0.717, 1.165) is 63.5 Å². The van der Waals surface area contributed by atoms with Gasteiger partial charge in [0.1, 0.15) is 18.0 Å². The number of ether oxygens (including phenoxy) is 1. The molecular weight excluding hydrogens is 264 g/mol. The van der Waals surface area contributed by atoms with E-state index in [9.17, 15) is 0 Å². The molecule has 1 aromatic heterocycles. The Morgan fingerprint density at radius 3 is 2.52 bits per heavy atom. The first-order chi connectivity index (χ1) is 10.2. The van der Waals surface area contributed by atoms with Crippen LogP contribution in [-0.4, -0.2) is 35.3 Å². The van der Waals surface area contributed by atoms with Crippen LogP contribution in [0, 0.1) is 0 Å². The SMILES string of the molecule is CCCNc1ncnc(NC2(C)CCOCC2)c1CCC. The Morgan fingerprint density at radius 1 is 1.14 bits per heavy atom. The Balaban J connectivity index is 2.20. The molecule has 2 N–H and O–H groups in total. The van der Waals surface area contributed by atoms with Gasteiger partial charge in [0.2, 0.25) is 0 Å². The van der Waals surface area contributed by atoms with Gasteiger partial charge in [-0.3, -0.25) is 0 Å². The lowest BCUT2D eigenvalue weighted by Gasteiger charge is -2.35. The van der Waals surface area contributed by atoms with Gasteiger partial charge in [0.05, 0.1) is 0 Å². The van der Waals surface area contributed by atoms with Gasteiger partial charge in [-0.05, 0) is 32.6 Å². The van der Waals surface area contributed by atoms with E-state index in [4.69, 9.17) is 4.74 Å². The number of hydrogen-bond donors (Lipinski definition) is 2. The van der Waals surface area contributed by atoms with Crippen molar-refractivity contribution in [1.82, 2.24) is 9.97 Å². The zero-order chi connectivity index (χ0) is 15.1. The van der Waals surface area contributed by atoms with Crippen LogP contribution < -0.4 is 10.6 Å². The Morgan fingerprint density at radius 2 is 1.86 bits per heavy atom. The van der Waals surface area contributed by atoms with Gasteiger partial charge in [-0.1, -0.05) is 20.3 Å². The molecule has 0 radical (unpaired) electrons. The summed E-state index contributed by atoms with van der Waals surface area (Å²) in [7, 11) is 0. The van der Waals surface area contributed by atoms with Gasteiger partial charge in [0.15, 0.2) is 0 Å². The standard InChI is InChI=1S/C16H28N4O/c1-4-6-13-14(17-9-5-2)18-12-19-15(13)20-16(3)7-10-21-11-8-16/h12H,4-11H2,1-3H3,(H2,17,18,19,20). The quantitative estimate of drug-likeness (QED) is 0.808. The number of hydrogen-bond acceptors (Lipinski definition) is 5. The number of rotatable bonds is 7. The average Bonchev–Trinajstić information content (AvgIpc) is 2.48. The van der Waals surface area contributed by atoms with Crippen LogP contribution in [0.1, 0.15) is 52.0 Å². The molecule has 0 atom stereocenters. The van der Waals surface area contributed by atoms with Crippen LogP contribution in [-0.2, 0) is 11.2 Å². The summed E-state index contributed by atoms with van der Waals surface area (Å²) in [6.07, 6.45) is 6.85. The van der Waals surface area contributed by atoms with Crippen LogP contribution >= 0.6 is 0 Å². The molecule has 1 fully saturated rings. The van der Waals surface area contributed by atoms with Gasteiger partial charge < -0.3 is 15.4 Å². The molecular formula is C16H28N4O. The second-order valence-electron chi connectivity index (χ2n) is 6.02. The van der Waals surface area contributed by atoms with Gasteiger partial charge in [-0.15, -0.1) is 0 Å². The van der Waals surface area contributed by atoms with E-state index in [1.807, 2.05) is 0 Å². The van der Waals surface area contributed by atoms with Crippen molar-refractivity contribution in [2.45, 2.75) is 58.4 Å². The predicted molar refractivity (Wildman–Crippen MR) is 86.9 cm³/mol. The van der Waals surface area contributed by atoms with Gasteiger partial charge in [-0.2, -0.15) is 0 Å². The summed E-state index contributed by atoms with van der Waals surface area (Å²) >= 11 is 0. The van der Waals surface area contributed by atoms with Gasteiger partial charge in [0, 0.05) is 30.9 Å². The molecule has 1 aliphatic rings. The molecule has 0 amide bonds. The van der Waals surface area contributed by atoms with Gasteiger partial charge >= 0.3 is 0 Å². The summed E-state index contributed by atoms with van der Waals surface area (Å²) in [5.41, 5.74) is 1.28. The van der Waals surface area contributed by atoms with Gasteiger partial charge in [0.25, 0.3) is 0 Å². The number of aromatic nitrogens is 2. The van der Waals surface area contributed by atoms with E-state index >= 15 is 0 Å². The van der Waals surface area contributed by atoms with Crippen molar-refractivity contribution in [3.05, 3.63) is 11.9 Å². The lowest BCUT2D eigenvalue weighted by molar-refractivity contribution is 0.0657. The maximum absolute atomic E-state index is 5.47. The Bertz CT molecular complexity index is 444. The molecule has 5 nitrogen and oxygen atoms in total. The van der Waals surface area contributed by atoms with Crippen molar-refractivity contribution in [3.8, 4) is 0 Å². The fraction of sp³-hybridized carbons (Fsp3) is 0.750. The third kappa shape index (κ3) is 4.30. The molecule has 1 aromatic rings. The Hall–Kier alpha value is -1.36. The van der Waals surface area contributed by atoms with Crippen molar-refractivity contribution >= 4 is 11.6 Å². The molecule has 0 bridgehead atoms. The van der Waals surface area contributed by atoms with Crippen molar-refractivity contribution in [3.63, 3.8) is 0 Å². The first kappa shape index (κ1) is 16.0. The lowest BCUT2D eigenvalue weighted by Crippen LogP contribution is -2.41. The molecule has 0 aromatic carbocycles. The average molecular weight is 292 g/mol. The molecule has 21 heavy (non-hydrogen) atoms. The highest BCUT2D eigenvalue weighted by Crippen LogP contribution is 2.29. The predicted octanol–water partition coefficient (Wildman–Crippen LogP) is 3.23. The van der Waals surface area contributed by atoms with Crippen molar-refractivity contribution < 1.29 is 4.74 Å². The molecule has 0 saturated carbocycles. The third-order valence-electron chi connectivity index (χ3n) is 4.00. The number of nitrogens with one attached hydrogen (secondary N) is 2. The van der Waals surface area contributed by atoms with Crippen LogP contribution in [0.3, 0.4) is 0 Å². The van der Waals surface area contributed by atoms with E-state index in [1.54, 1.807) is 6.33 Å². The van der Waals surface area contributed by atoms with E-state index < -0.39 is 0 Å². The minimum Gasteiger partial charge on any atom is -0.381 e. The lowest BCUT2D eigenvalue weighted by atomic mass is 9.92. The molecule has 5 heteroatoms.